The minimum atomic E-state index is -0.464. The molecule has 2 amide bonds. The Kier molecular flexibility index (Phi) is 14.3. The molecule has 258 valence electrons. The highest BCUT2D eigenvalue weighted by atomic mass is 35.5. The smallest absolute Gasteiger partial charge is 0.410 e. The molecule has 9 heteroatoms. The zero-order valence-corrected chi connectivity index (χ0v) is 29.9. The number of hydrogen-bond donors (Lipinski definition) is 0. The molecule has 0 aromatic heterocycles. The average molecular weight is 680 g/mol. The van der Waals surface area contributed by atoms with Gasteiger partial charge in [0, 0.05) is 48.7 Å². The first-order valence-electron chi connectivity index (χ1n) is 16.0. The van der Waals surface area contributed by atoms with E-state index in [4.69, 9.17) is 37.4 Å². The Morgan fingerprint density at radius 3 is 1.30 bits per heavy atom. The molecule has 2 fully saturated rings. The Bertz CT molecular complexity index is 1240. The lowest BCUT2D eigenvalue weighted by molar-refractivity contribution is 0.00960. The van der Waals surface area contributed by atoms with E-state index in [1.165, 1.54) is 11.1 Å². The largest absolute Gasteiger partial charge is 0.444 e. The van der Waals surface area contributed by atoms with Crippen LogP contribution in [0.3, 0.4) is 0 Å². The molecule has 4 rings (SSSR count). The third kappa shape index (κ3) is 11.1. The van der Waals surface area contributed by atoms with Crippen molar-refractivity contribution in [2.75, 3.05) is 39.9 Å². The summed E-state index contributed by atoms with van der Waals surface area (Å²) < 4.78 is 16.4. The maximum Gasteiger partial charge on any atom is 0.410 e. The minimum Gasteiger partial charge on any atom is -0.444 e. The SMILES string of the molecule is C.CCC1(c2ccc(Cl)cc2)CCN(C(=O)OC(C)(C)C)CC1.COCC1(c2ccc(Cl)cc2)CCN(C(=O)OC(C)(C)C)CC1. The predicted octanol–water partition coefficient (Wildman–Crippen LogP) is 9.91. The van der Waals surface area contributed by atoms with Gasteiger partial charge in [-0.2, -0.15) is 0 Å². The Morgan fingerprint density at radius 2 is 1.00 bits per heavy atom. The highest BCUT2D eigenvalue weighted by Crippen LogP contribution is 2.39. The van der Waals surface area contributed by atoms with Crippen molar-refractivity contribution in [2.45, 2.75) is 110 Å². The zero-order chi connectivity index (χ0) is 33.5. The van der Waals surface area contributed by atoms with E-state index >= 15 is 0 Å². The van der Waals surface area contributed by atoms with Gasteiger partial charge in [0.05, 0.1) is 6.61 Å². The van der Waals surface area contributed by atoms with E-state index in [2.05, 4.69) is 31.2 Å². The third-order valence-corrected chi connectivity index (χ3v) is 9.26. The number of carbonyl (C=O) groups is 2. The first-order valence-corrected chi connectivity index (χ1v) is 16.7. The summed E-state index contributed by atoms with van der Waals surface area (Å²) in [7, 11) is 1.72. The summed E-state index contributed by atoms with van der Waals surface area (Å²) in [4.78, 5) is 28.0. The quantitative estimate of drug-likeness (QED) is 0.315. The van der Waals surface area contributed by atoms with Gasteiger partial charge in [0.25, 0.3) is 0 Å². The molecule has 0 saturated carbocycles. The summed E-state index contributed by atoms with van der Waals surface area (Å²) in [5.41, 5.74) is 1.71. The molecule has 2 heterocycles. The molecule has 2 aliphatic rings. The number of rotatable bonds is 5. The topological polar surface area (TPSA) is 68.3 Å². The number of halogens is 2. The number of piperidine rings is 2. The molecule has 0 unspecified atom stereocenters. The number of benzene rings is 2. The lowest BCUT2D eigenvalue weighted by Gasteiger charge is -2.42. The summed E-state index contributed by atoms with van der Waals surface area (Å²) in [5.74, 6) is 0. The van der Waals surface area contributed by atoms with Crippen LogP contribution in [0, 0.1) is 0 Å². The highest BCUT2D eigenvalue weighted by Gasteiger charge is 2.39. The second kappa shape index (κ2) is 16.6. The summed E-state index contributed by atoms with van der Waals surface area (Å²) in [6, 6.07) is 16.1. The van der Waals surface area contributed by atoms with Gasteiger partial charge in [-0.15, -0.1) is 0 Å². The second-order valence-corrected chi connectivity index (χ2v) is 15.2. The van der Waals surface area contributed by atoms with Crippen LogP contribution in [0.2, 0.25) is 10.0 Å². The molecule has 46 heavy (non-hydrogen) atoms. The average Bonchev–Trinajstić information content (AvgIpc) is 2.97. The van der Waals surface area contributed by atoms with Gasteiger partial charge in [0.2, 0.25) is 0 Å². The van der Waals surface area contributed by atoms with Crippen LogP contribution < -0.4 is 0 Å². The van der Waals surface area contributed by atoms with Gasteiger partial charge in [0.15, 0.2) is 0 Å². The van der Waals surface area contributed by atoms with Gasteiger partial charge in [-0.1, -0.05) is 61.8 Å². The monoisotopic (exact) mass is 678 g/mol. The summed E-state index contributed by atoms with van der Waals surface area (Å²) in [6.45, 7) is 17.0. The lowest BCUT2D eigenvalue weighted by Crippen LogP contribution is -2.48. The number of methoxy groups -OCH3 is 1. The molecule has 0 aliphatic carbocycles. The highest BCUT2D eigenvalue weighted by molar-refractivity contribution is 6.30. The number of carbonyl (C=O) groups excluding carboxylic acids is 2. The number of nitrogens with zero attached hydrogens (tertiary/aromatic N) is 2. The number of ether oxygens (including phenoxy) is 3. The Hall–Kier alpha value is -2.48. The van der Waals surface area contributed by atoms with E-state index in [1.807, 2.05) is 70.7 Å². The van der Waals surface area contributed by atoms with Crippen LogP contribution in [-0.2, 0) is 25.0 Å². The first-order chi connectivity index (χ1) is 21.0. The van der Waals surface area contributed by atoms with Crippen molar-refractivity contribution in [3.63, 3.8) is 0 Å². The van der Waals surface area contributed by atoms with Gasteiger partial charge in [-0.3, -0.25) is 0 Å². The normalized spacial score (nSPS) is 17.6. The van der Waals surface area contributed by atoms with Gasteiger partial charge in [-0.05, 0) is 114 Å². The van der Waals surface area contributed by atoms with E-state index in [-0.39, 0.29) is 30.4 Å². The maximum atomic E-state index is 12.2. The fourth-order valence-corrected chi connectivity index (χ4v) is 6.39. The molecule has 2 aromatic carbocycles. The Morgan fingerprint density at radius 1 is 0.674 bits per heavy atom. The lowest BCUT2D eigenvalue weighted by atomic mass is 9.71. The van der Waals surface area contributed by atoms with Crippen LogP contribution >= 0.6 is 23.2 Å². The van der Waals surface area contributed by atoms with E-state index < -0.39 is 11.2 Å². The molecule has 0 bridgehead atoms. The molecule has 0 atom stereocenters. The van der Waals surface area contributed by atoms with Crippen LogP contribution in [0.15, 0.2) is 48.5 Å². The molecule has 2 saturated heterocycles. The number of hydrogen-bond acceptors (Lipinski definition) is 5. The van der Waals surface area contributed by atoms with E-state index in [1.54, 1.807) is 12.0 Å². The van der Waals surface area contributed by atoms with Crippen LogP contribution in [0.5, 0.6) is 0 Å². The van der Waals surface area contributed by atoms with Crippen molar-refractivity contribution < 1.29 is 23.8 Å². The fourth-order valence-electron chi connectivity index (χ4n) is 6.13. The molecular weight excluding hydrogens is 623 g/mol. The van der Waals surface area contributed by atoms with Crippen molar-refractivity contribution in [3.8, 4) is 0 Å². The van der Waals surface area contributed by atoms with Gasteiger partial charge >= 0.3 is 12.2 Å². The second-order valence-electron chi connectivity index (χ2n) is 14.3. The van der Waals surface area contributed by atoms with Crippen molar-refractivity contribution in [1.29, 1.82) is 0 Å². The van der Waals surface area contributed by atoms with E-state index in [0.717, 1.165) is 55.2 Å². The molecular formula is C37H56Cl2N2O5. The Labute approximate surface area is 287 Å². The van der Waals surface area contributed by atoms with E-state index in [9.17, 15) is 9.59 Å². The van der Waals surface area contributed by atoms with Gasteiger partial charge < -0.3 is 24.0 Å². The summed E-state index contributed by atoms with van der Waals surface area (Å²) >= 11 is 12.0. The standard InChI is InChI=1S/C18H26ClNO3.C18H26ClNO2.CH4/c1-17(2,3)23-16(21)20-11-9-18(10-12-20,13-22-4)14-5-7-15(19)8-6-14;1-5-18(14-6-8-15(19)9-7-14)10-12-20(13-11-18)16(21)22-17(2,3)4;/h5-8H,9-13H2,1-4H3;6-9H,5,10-13H2,1-4H3;1H4. The van der Waals surface area contributed by atoms with E-state index in [0.29, 0.717) is 19.7 Å². The van der Waals surface area contributed by atoms with Crippen LogP contribution in [0.1, 0.15) is 99.1 Å². The van der Waals surface area contributed by atoms with Crippen molar-refractivity contribution in [3.05, 3.63) is 69.7 Å². The number of amides is 2. The number of likely N-dealkylation sites (tertiary alicyclic amines) is 2. The van der Waals surface area contributed by atoms with Gasteiger partial charge in [-0.25, -0.2) is 9.59 Å². The molecule has 0 spiro atoms. The summed E-state index contributed by atoms with van der Waals surface area (Å²) in [5, 5.41) is 1.49. The van der Waals surface area contributed by atoms with Crippen molar-refractivity contribution in [1.82, 2.24) is 9.80 Å². The minimum absolute atomic E-state index is 0. The molecule has 0 N–H and O–H groups in total. The van der Waals surface area contributed by atoms with Crippen molar-refractivity contribution >= 4 is 35.4 Å². The molecule has 2 aliphatic heterocycles. The molecule has 0 radical (unpaired) electrons. The van der Waals surface area contributed by atoms with Gasteiger partial charge in [0.1, 0.15) is 11.2 Å². The van der Waals surface area contributed by atoms with Crippen LogP contribution in [0.4, 0.5) is 9.59 Å². The Balaban J connectivity index is 0.000000314. The van der Waals surface area contributed by atoms with Crippen molar-refractivity contribution in [2.24, 2.45) is 0 Å². The predicted molar refractivity (Wildman–Crippen MR) is 189 cm³/mol. The molecule has 7 nitrogen and oxygen atoms in total. The molecule has 2 aromatic rings. The zero-order valence-electron chi connectivity index (χ0n) is 28.4. The van der Waals surface area contributed by atoms with Crippen LogP contribution in [-0.4, -0.2) is 73.1 Å². The van der Waals surface area contributed by atoms with Crippen LogP contribution in [0.25, 0.3) is 0 Å². The first kappa shape index (κ1) is 39.7. The third-order valence-electron chi connectivity index (χ3n) is 8.76. The fraction of sp³-hybridized carbons (Fsp3) is 0.622. The maximum absolute atomic E-state index is 12.2. The summed E-state index contributed by atoms with van der Waals surface area (Å²) in [6.07, 6.45) is 4.25.